The summed E-state index contributed by atoms with van der Waals surface area (Å²) in [6.45, 7) is 7.30. The molecule has 68 heavy (non-hydrogen) atoms. The first-order valence-electron chi connectivity index (χ1n) is 21.7. The molecule has 0 radical (unpaired) electrons. The molecule has 15 atom stereocenters. The minimum absolute atomic E-state index is 0.0150. The molecule has 1 aromatic rings. The molecule has 6 rings (SSSR count). The summed E-state index contributed by atoms with van der Waals surface area (Å²) >= 11 is 0. The summed E-state index contributed by atoms with van der Waals surface area (Å²) in [6.07, 6.45) is -12.8. The number of hydrogen-bond donors (Lipinski definition) is 2. The van der Waals surface area contributed by atoms with Gasteiger partial charge in [0.15, 0.2) is 35.6 Å². The molecule has 23 heteroatoms. The minimum atomic E-state index is -3.10. The highest BCUT2D eigenvalue weighted by Crippen LogP contribution is 2.70. The Balaban J connectivity index is 1.82. The first-order chi connectivity index (χ1) is 31.6. The van der Waals surface area contributed by atoms with E-state index in [1.807, 2.05) is 0 Å². The second-order valence-corrected chi connectivity index (χ2v) is 18.5. The molecule has 372 valence electrons. The van der Waals surface area contributed by atoms with Crippen LogP contribution in [-0.4, -0.2) is 154 Å². The zero-order chi connectivity index (χ0) is 50.6. The van der Waals surface area contributed by atoms with Crippen LogP contribution in [0.4, 0.5) is 0 Å². The van der Waals surface area contributed by atoms with Gasteiger partial charge in [-0.25, -0.2) is 9.59 Å². The fourth-order valence-corrected chi connectivity index (χ4v) is 10.6. The maximum Gasteiger partial charge on any atom is 0.340 e. The molecule has 4 fully saturated rings. The lowest BCUT2D eigenvalue weighted by molar-refractivity contribution is -0.387. The third-order valence-electron chi connectivity index (χ3n) is 14.0. The third-order valence-corrected chi connectivity index (χ3v) is 14.0. The molecule has 2 aliphatic carbocycles. The van der Waals surface area contributed by atoms with Gasteiger partial charge in [-0.05, 0) is 38.8 Å². The van der Waals surface area contributed by atoms with Crippen molar-refractivity contribution in [1.29, 1.82) is 0 Å². The van der Waals surface area contributed by atoms with Crippen molar-refractivity contribution in [1.82, 2.24) is 4.98 Å². The van der Waals surface area contributed by atoms with Gasteiger partial charge in [0, 0.05) is 52.4 Å². The number of aliphatic hydroxyl groups is 2. The number of methoxy groups -OCH3 is 1. The van der Waals surface area contributed by atoms with Gasteiger partial charge in [0.2, 0.25) is 0 Å². The molecule has 3 aliphatic heterocycles. The monoisotopic (exact) mass is 961 g/mol. The summed E-state index contributed by atoms with van der Waals surface area (Å²) in [6, 6.07) is 1.32. The van der Waals surface area contributed by atoms with Gasteiger partial charge in [0.25, 0.3) is 0 Å². The number of ketones is 1. The molecular formula is C45H55NO22. The number of carbonyl (C=O) groups excluding carboxylic acids is 10. The Morgan fingerprint density at radius 2 is 1.40 bits per heavy atom. The van der Waals surface area contributed by atoms with Gasteiger partial charge in [-0.15, -0.1) is 0 Å². The molecule has 2 N–H and O–H groups in total. The van der Waals surface area contributed by atoms with Crippen LogP contribution in [0.3, 0.4) is 0 Å². The van der Waals surface area contributed by atoms with Crippen LogP contribution in [0.15, 0.2) is 18.5 Å². The van der Waals surface area contributed by atoms with Crippen molar-refractivity contribution >= 4 is 59.5 Å². The van der Waals surface area contributed by atoms with Crippen molar-refractivity contribution < 1.29 is 106 Å². The molecule has 2 spiro atoms. The van der Waals surface area contributed by atoms with E-state index in [4.69, 9.17) is 47.4 Å². The Labute approximate surface area is 389 Å². The van der Waals surface area contributed by atoms with E-state index in [0.29, 0.717) is 0 Å². The van der Waals surface area contributed by atoms with Gasteiger partial charge < -0.3 is 57.6 Å². The highest BCUT2D eigenvalue weighted by Gasteiger charge is 2.92. The van der Waals surface area contributed by atoms with Crippen LogP contribution in [-0.2, 0) is 90.5 Å². The fraction of sp³-hybridized carbons (Fsp3) is 0.667. The molecule has 0 amide bonds. The lowest BCUT2D eigenvalue weighted by Crippen LogP contribution is -2.89. The average molecular weight is 962 g/mol. The van der Waals surface area contributed by atoms with Crippen molar-refractivity contribution in [3.63, 3.8) is 0 Å². The molecule has 23 nitrogen and oxygen atoms in total. The molecular weight excluding hydrogens is 906 g/mol. The van der Waals surface area contributed by atoms with Crippen LogP contribution in [0.2, 0.25) is 0 Å². The smallest absolute Gasteiger partial charge is 0.340 e. The van der Waals surface area contributed by atoms with E-state index in [-0.39, 0.29) is 17.5 Å². The van der Waals surface area contributed by atoms with E-state index in [1.165, 1.54) is 33.0 Å². The van der Waals surface area contributed by atoms with Gasteiger partial charge in [0.1, 0.15) is 53.7 Å². The number of carbonyl (C=O) groups is 10. The number of cyclic esters (lactones) is 2. The topological polar surface area (TPSA) is 316 Å². The first kappa shape index (κ1) is 51.3. The van der Waals surface area contributed by atoms with Crippen LogP contribution < -0.4 is 0 Å². The molecule has 0 aromatic carbocycles. The number of hydrogen-bond acceptors (Lipinski definition) is 23. The highest BCUT2D eigenvalue weighted by atomic mass is 16.7. The summed E-state index contributed by atoms with van der Waals surface area (Å²) in [5.41, 5.74) is -14.2. The van der Waals surface area contributed by atoms with E-state index in [1.54, 1.807) is 0 Å². The van der Waals surface area contributed by atoms with E-state index in [2.05, 4.69) is 4.98 Å². The number of rotatable bonds is 6. The standard InChI is InChI=1S/C45H55NO22/c1-19-11-12-28(51)26(15-29(52)59-10)38(54)61-18-44-35(64-23(5)49)31(66-37(19)53)30-33(63-22(4)48)45(44)43(9,58)34(32(62-21(3)47)36(44)65-24(6)50)67-40(56)42(8,57)20(2)25-13-14-46-16-27(25)39(55)60-17-41(30,7)68-45/h13-14,16,19-20,26,30-36,57-58H,11-12,15,17-18H2,1-10H3. The predicted molar refractivity (Wildman–Crippen MR) is 219 cm³/mol. The van der Waals surface area contributed by atoms with Crippen LogP contribution in [0.1, 0.15) is 103 Å². The van der Waals surface area contributed by atoms with Crippen molar-refractivity contribution in [2.45, 2.75) is 147 Å². The SMILES string of the molecule is COC(=O)CC1C(=O)CCC(C)C(=O)OC2C3C(OC(C)=O)C45OC3(C)COC(=O)c3cnccc3C(C)C(C)(O)C(=O)OC(C(OC(C)=O)C(OC(C)=O)C4(COC1=O)C2OC(C)=O)C5(C)O. The third kappa shape index (κ3) is 8.34. The summed E-state index contributed by atoms with van der Waals surface area (Å²) in [5.74, 6) is -18.1. The molecule has 5 aliphatic rings. The maximum atomic E-state index is 14.7. The number of esters is 9. The van der Waals surface area contributed by atoms with Crippen molar-refractivity contribution in [3.8, 4) is 0 Å². The van der Waals surface area contributed by atoms with E-state index in [0.717, 1.165) is 54.8 Å². The van der Waals surface area contributed by atoms with E-state index < -0.39 is 174 Å². The Morgan fingerprint density at radius 3 is 2.00 bits per heavy atom. The number of nitrogens with zero attached hydrogens (tertiary/aromatic N) is 1. The lowest BCUT2D eigenvalue weighted by atomic mass is 9.45. The van der Waals surface area contributed by atoms with Crippen molar-refractivity contribution in [2.75, 3.05) is 20.3 Å². The molecule has 6 bridgehead atoms. The van der Waals surface area contributed by atoms with Crippen molar-refractivity contribution in [2.24, 2.45) is 23.2 Å². The zero-order valence-corrected chi connectivity index (χ0v) is 39.0. The van der Waals surface area contributed by atoms with Gasteiger partial charge in [0.05, 0.1) is 30.9 Å². The largest absolute Gasteiger partial charge is 0.469 e. The number of pyridine rings is 1. The molecule has 1 aromatic heterocycles. The number of ether oxygens (including phenoxy) is 10. The van der Waals surface area contributed by atoms with Gasteiger partial charge in [-0.1, -0.05) is 13.8 Å². The van der Waals surface area contributed by atoms with Crippen molar-refractivity contribution in [3.05, 3.63) is 29.6 Å². The van der Waals surface area contributed by atoms with Gasteiger partial charge in [-0.2, -0.15) is 0 Å². The number of Topliss-reactive ketones (excluding diaryl/α,β-unsaturated/α-hetero) is 1. The minimum Gasteiger partial charge on any atom is -0.469 e. The molecule has 2 saturated carbocycles. The van der Waals surface area contributed by atoms with E-state index in [9.17, 15) is 58.2 Å². The van der Waals surface area contributed by atoms with Crippen LogP contribution in [0, 0.1) is 23.2 Å². The second kappa shape index (κ2) is 18.4. The quantitative estimate of drug-likeness (QED) is 0.220. The van der Waals surface area contributed by atoms with Crippen LogP contribution in [0.5, 0.6) is 0 Å². The average Bonchev–Trinajstić information content (AvgIpc) is 3.48. The van der Waals surface area contributed by atoms with Crippen LogP contribution in [0.25, 0.3) is 0 Å². The Morgan fingerprint density at radius 1 is 0.794 bits per heavy atom. The van der Waals surface area contributed by atoms with Crippen LogP contribution >= 0.6 is 0 Å². The first-order valence-corrected chi connectivity index (χ1v) is 21.7. The van der Waals surface area contributed by atoms with Gasteiger partial charge in [-0.3, -0.25) is 43.3 Å². The Hall–Kier alpha value is -6.07. The summed E-state index contributed by atoms with van der Waals surface area (Å²) in [7, 11) is 0.992. The molecule has 15 unspecified atom stereocenters. The van der Waals surface area contributed by atoms with E-state index >= 15 is 0 Å². The molecule has 4 heterocycles. The summed E-state index contributed by atoms with van der Waals surface area (Å²) in [5, 5.41) is 25.8. The maximum absolute atomic E-state index is 14.7. The zero-order valence-electron chi connectivity index (χ0n) is 39.0. The summed E-state index contributed by atoms with van der Waals surface area (Å²) < 4.78 is 60.1. The molecule has 2 saturated heterocycles. The van der Waals surface area contributed by atoms with Gasteiger partial charge >= 0.3 is 53.7 Å². The second-order valence-electron chi connectivity index (χ2n) is 18.5. The Bertz CT molecular complexity index is 2290. The Kier molecular flexibility index (Phi) is 13.9. The normalized spacial score (nSPS) is 39.3. The predicted octanol–water partition coefficient (Wildman–Crippen LogP) is 0.287. The summed E-state index contributed by atoms with van der Waals surface area (Å²) in [4.78, 5) is 143. The number of aromatic nitrogens is 1. The fourth-order valence-electron chi connectivity index (χ4n) is 10.6. The lowest BCUT2D eigenvalue weighted by Gasteiger charge is -2.67. The number of fused-ring (bicyclic) bond motifs is 7. The highest BCUT2D eigenvalue weighted by molar-refractivity contribution is 6.01.